The lowest BCUT2D eigenvalue weighted by atomic mass is 10.4. The number of nitrogens with zero attached hydrogens (tertiary/aromatic N) is 2. The Kier molecular flexibility index (Phi) is 2.53. The van der Waals surface area contributed by atoms with Crippen LogP contribution in [0.1, 0.15) is 12.2 Å². The van der Waals surface area contributed by atoms with Crippen molar-refractivity contribution in [2.24, 2.45) is 0 Å². The van der Waals surface area contributed by atoms with Crippen LogP contribution in [-0.2, 0) is 6.54 Å². The Morgan fingerprint density at radius 3 is 2.91 bits per heavy atom. The van der Waals surface area contributed by atoms with Gasteiger partial charge in [-0.15, -0.1) is 0 Å². The van der Waals surface area contributed by atoms with Crippen LogP contribution in [0.25, 0.3) is 0 Å². The first kappa shape index (κ1) is 8.13. The van der Waals surface area contributed by atoms with E-state index in [-0.39, 0.29) is 0 Å². The first-order valence-electron chi connectivity index (χ1n) is 3.21. The molecular formula is C6H9F2N3. The first-order chi connectivity index (χ1) is 5.24. The molecule has 1 aromatic rings. The maximum atomic E-state index is 11.9. The molecule has 0 spiro atoms. The highest BCUT2D eigenvalue weighted by molar-refractivity contribution is 4.98. The van der Waals surface area contributed by atoms with Gasteiger partial charge in [0.2, 0.25) is 0 Å². The summed E-state index contributed by atoms with van der Waals surface area (Å²) in [4.78, 5) is 0. The minimum atomic E-state index is -2.54. The molecule has 0 aliphatic rings. The minimum absolute atomic E-state index is 0.514. The van der Waals surface area contributed by atoms with E-state index in [4.69, 9.17) is 0 Å². The molecule has 0 saturated carbocycles. The van der Waals surface area contributed by atoms with Gasteiger partial charge in [-0.2, -0.15) is 13.9 Å². The maximum Gasteiger partial charge on any atom is 0.333 e. The molecule has 0 radical (unpaired) electrons. The molecule has 1 aromatic heterocycles. The molecule has 0 saturated heterocycles. The van der Waals surface area contributed by atoms with Crippen LogP contribution in [0, 0.1) is 0 Å². The molecule has 0 bridgehead atoms. The molecule has 0 aliphatic carbocycles. The highest BCUT2D eigenvalue weighted by Crippen LogP contribution is 2.08. The second kappa shape index (κ2) is 3.43. The Labute approximate surface area is 63.0 Å². The van der Waals surface area contributed by atoms with Crippen LogP contribution in [0.3, 0.4) is 0 Å². The van der Waals surface area contributed by atoms with E-state index in [1.54, 1.807) is 13.1 Å². The van der Waals surface area contributed by atoms with E-state index >= 15 is 0 Å². The second-order valence-corrected chi connectivity index (χ2v) is 2.10. The van der Waals surface area contributed by atoms with Gasteiger partial charge in [0.25, 0.3) is 0 Å². The van der Waals surface area contributed by atoms with Gasteiger partial charge in [-0.1, -0.05) is 0 Å². The SMILES string of the molecule is CNCc1ccn(C(F)F)n1. The van der Waals surface area contributed by atoms with Crippen LogP contribution in [0.5, 0.6) is 0 Å². The van der Waals surface area contributed by atoms with Gasteiger partial charge in [-0.05, 0) is 13.1 Å². The molecule has 62 valence electrons. The highest BCUT2D eigenvalue weighted by atomic mass is 19.3. The van der Waals surface area contributed by atoms with E-state index in [9.17, 15) is 8.78 Å². The van der Waals surface area contributed by atoms with Crippen LogP contribution < -0.4 is 5.32 Å². The quantitative estimate of drug-likeness (QED) is 0.716. The van der Waals surface area contributed by atoms with Crippen molar-refractivity contribution in [2.45, 2.75) is 13.1 Å². The lowest BCUT2D eigenvalue weighted by molar-refractivity contribution is 0.0561. The Balaban J connectivity index is 2.66. The standard InChI is InChI=1S/C6H9F2N3/c1-9-4-5-2-3-11(10-5)6(7)8/h2-3,6,9H,4H2,1H3. The zero-order valence-corrected chi connectivity index (χ0v) is 6.09. The lowest BCUT2D eigenvalue weighted by Crippen LogP contribution is -2.07. The molecular weight excluding hydrogens is 152 g/mol. The molecule has 1 N–H and O–H groups in total. The summed E-state index contributed by atoms with van der Waals surface area (Å²) in [5, 5.41) is 6.42. The summed E-state index contributed by atoms with van der Waals surface area (Å²) in [6.45, 7) is -2.03. The monoisotopic (exact) mass is 161 g/mol. The van der Waals surface area contributed by atoms with E-state index in [2.05, 4.69) is 10.4 Å². The van der Waals surface area contributed by atoms with Gasteiger partial charge in [0.15, 0.2) is 0 Å². The predicted octanol–water partition coefficient (Wildman–Crippen LogP) is 0.998. The summed E-state index contributed by atoms with van der Waals surface area (Å²) in [6.07, 6.45) is 1.26. The number of hydrogen-bond acceptors (Lipinski definition) is 2. The van der Waals surface area contributed by atoms with Crippen LogP contribution >= 0.6 is 0 Å². The predicted molar refractivity (Wildman–Crippen MR) is 36.2 cm³/mol. The topological polar surface area (TPSA) is 29.9 Å². The van der Waals surface area contributed by atoms with Crippen molar-refractivity contribution in [1.82, 2.24) is 15.1 Å². The van der Waals surface area contributed by atoms with Crippen molar-refractivity contribution in [3.8, 4) is 0 Å². The van der Waals surface area contributed by atoms with E-state index in [0.29, 0.717) is 16.9 Å². The Hall–Kier alpha value is -0.970. The van der Waals surface area contributed by atoms with Crippen LogP contribution in [-0.4, -0.2) is 16.8 Å². The van der Waals surface area contributed by atoms with Crippen molar-refractivity contribution in [3.05, 3.63) is 18.0 Å². The molecule has 0 fully saturated rings. The molecule has 0 aromatic carbocycles. The summed E-state index contributed by atoms with van der Waals surface area (Å²) in [7, 11) is 1.74. The van der Waals surface area contributed by atoms with Crippen molar-refractivity contribution in [2.75, 3.05) is 7.05 Å². The van der Waals surface area contributed by atoms with Gasteiger partial charge in [0, 0.05) is 12.7 Å². The molecule has 0 amide bonds. The van der Waals surface area contributed by atoms with Crippen molar-refractivity contribution in [1.29, 1.82) is 0 Å². The smallest absolute Gasteiger partial charge is 0.314 e. The largest absolute Gasteiger partial charge is 0.333 e. The summed E-state index contributed by atoms with van der Waals surface area (Å²) >= 11 is 0. The average molecular weight is 161 g/mol. The minimum Gasteiger partial charge on any atom is -0.314 e. The van der Waals surface area contributed by atoms with Gasteiger partial charge < -0.3 is 5.32 Å². The third-order valence-electron chi connectivity index (χ3n) is 1.22. The van der Waals surface area contributed by atoms with E-state index < -0.39 is 6.55 Å². The van der Waals surface area contributed by atoms with Crippen molar-refractivity contribution >= 4 is 0 Å². The summed E-state index contributed by atoms with van der Waals surface area (Å²) in [5.41, 5.74) is 0.618. The molecule has 1 heterocycles. The normalized spacial score (nSPS) is 10.9. The molecule has 5 heteroatoms. The number of hydrogen-bond donors (Lipinski definition) is 1. The van der Waals surface area contributed by atoms with Crippen molar-refractivity contribution < 1.29 is 8.78 Å². The fourth-order valence-electron chi connectivity index (χ4n) is 0.761. The second-order valence-electron chi connectivity index (χ2n) is 2.10. The number of halogens is 2. The number of alkyl halides is 2. The maximum absolute atomic E-state index is 11.9. The highest BCUT2D eigenvalue weighted by Gasteiger charge is 2.05. The number of aromatic nitrogens is 2. The lowest BCUT2D eigenvalue weighted by Gasteiger charge is -1.96. The zero-order chi connectivity index (χ0) is 8.27. The fourth-order valence-corrected chi connectivity index (χ4v) is 0.761. The fraction of sp³-hybridized carbons (Fsp3) is 0.500. The Morgan fingerprint density at radius 1 is 1.73 bits per heavy atom. The molecule has 11 heavy (non-hydrogen) atoms. The summed E-state index contributed by atoms with van der Waals surface area (Å²) < 4.78 is 24.4. The molecule has 0 atom stereocenters. The average Bonchev–Trinajstić information content (AvgIpc) is 2.37. The number of nitrogens with one attached hydrogen (secondary N) is 1. The molecule has 0 unspecified atom stereocenters. The molecule has 1 rings (SSSR count). The van der Waals surface area contributed by atoms with Gasteiger partial charge in [-0.25, -0.2) is 4.68 Å². The molecule has 3 nitrogen and oxygen atoms in total. The number of rotatable bonds is 3. The van der Waals surface area contributed by atoms with E-state index in [0.717, 1.165) is 0 Å². The van der Waals surface area contributed by atoms with Crippen molar-refractivity contribution in [3.63, 3.8) is 0 Å². The molecule has 0 aliphatic heterocycles. The summed E-state index contributed by atoms with van der Waals surface area (Å²) in [5.74, 6) is 0. The zero-order valence-electron chi connectivity index (χ0n) is 6.09. The Morgan fingerprint density at radius 2 is 2.45 bits per heavy atom. The Bertz CT molecular complexity index is 221. The van der Waals surface area contributed by atoms with Gasteiger partial charge in [-0.3, -0.25) is 0 Å². The van der Waals surface area contributed by atoms with Crippen LogP contribution in [0.2, 0.25) is 0 Å². The van der Waals surface area contributed by atoms with E-state index in [1.165, 1.54) is 6.20 Å². The third kappa shape index (κ3) is 1.98. The van der Waals surface area contributed by atoms with Gasteiger partial charge in [0.05, 0.1) is 5.69 Å². The van der Waals surface area contributed by atoms with E-state index in [1.807, 2.05) is 0 Å². The summed E-state index contributed by atoms with van der Waals surface area (Å²) in [6, 6.07) is 1.56. The van der Waals surface area contributed by atoms with Gasteiger partial charge in [0.1, 0.15) is 0 Å². The van der Waals surface area contributed by atoms with Crippen LogP contribution in [0.15, 0.2) is 12.3 Å². The van der Waals surface area contributed by atoms with Crippen LogP contribution in [0.4, 0.5) is 8.78 Å². The van der Waals surface area contributed by atoms with Gasteiger partial charge >= 0.3 is 6.55 Å². The third-order valence-corrected chi connectivity index (χ3v) is 1.22. The first-order valence-corrected chi connectivity index (χ1v) is 3.21.